The lowest BCUT2D eigenvalue weighted by Crippen LogP contribution is -2.19. The minimum absolute atomic E-state index is 0.0345. The van der Waals surface area contributed by atoms with Crippen LogP contribution in [0, 0.1) is 0 Å². The van der Waals surface area contributed by atoms with E-state index in [1.165, 1.54) is 18.2 Å². The molecule has 0 fully saturated rings. The number of ether oxygens (including phenoxy) is 1. The van der Waals surface area contributed by atoms with Gasteiger partial charge in [-0.2, -0.15) is 0 Å². The number of phenolic OH excluding ortho intramolecular Hbond substituents is 3. The third kappa shape index (κ3) is 1.84. The van der Waals surface area contributed by atoms with E-state index >= 15 is 0 Å². The molecule has 2 heterocycles. The second-order valence-electron chi connectivity index (χ2n) is 5.16. The molecule has 4 N–H and O–H groups in total. The summed E-state index contributed by atoms with van der Waals surface area (Å²) >= 11 is 0. The summed E-state index contributed by atoms with van der Waals surface area (Å²) in [4.78, 5) is 12.8. The molecule has 0 unspecified atom stereocenters. The summed E-state index contributed by atoms with van der Waals surface area (Å²) in [7, 11) is 0. The number of benzene rings is 2. The zero-order valence-electron chi connectivity index (χ0n) is 11.5. The molecule has 0 saturated heterocycles. The van der Waals surface area contributed by atoms with Crippen LogP contribution in [-0.2, 0) is 0 Å². The van der Waals surface area contributed by atoms with Gasteiger partial charge in [0.05, 0.1) is 5.56 Å². The Morgan fingerprint density at radius 2 is 1.78 bits per heavy atom. The van der Waals surface area contributed by atoms with Gasteiger partial charge >= 0.3 is 0 Å². The first-order valence-corrected chi connectivity index (χ1v) is 6.66. The molecular formula is C16H10O7. The van der Waals surface area contributed by atoms with Gasteiger partial charge in [-0.3, -0.25) is 4.79 Å². The maximum Gasteiger partial charge on any atom is 0.257 e. The van der Waals surface area contributed by atoms with E-state index in [2.05, 4.69) is 0 Å². The number of hydrogen-bond acceptors (Lipinski definition) is 7. The van der Waals surface area contributed by atoms with Crippen molar-refractivity contribution in [3.05, 3.63) is 46.3 Å². The van der Waals surface area contributed by atoms with Crippen molar-refractivity contribution in [2.75, 3.05) is 0 Å². The normalized spacial score (nSPS) is 15.8. The van der Waals surface area contributed by atoms with Crippen molar-refractivity contribution >= 4 is 11.0 Å². The zero-order chi connectivity index (χ0) is 16.3. The minimum atomic E-state index is -1.55. The van der Waals surface area contributed by atoms with Gasteiger partial charge in [-0.15, -0.1) is 0 Å². The van der Waals surface area contributed by atoms with Gasteiger partial charge in [0.1, 0.15) is 34.0 Å². The van der Waals surface area contributed by atoms with Crippen LogP contribution in [-0.4, -0.2) is 20.4 Å². The first kappa shape index (κ1) is 13.5. The summed E-state index contributed by atoms with van der Waals surface area (Å²) < 4.78 is 10.7. The van der Waals surface area contributed by atoms with Crippen LogP contribution in [0.4, 0.5) is 0 Å². The molecule has 0 aliphatic carbocycles. The smallest absolute Gasteiger partial charge is 0.257 e. The number of hydrogen-bond donors (Lipinski definition) is 4. The van der Waals surface area contributed by atoms with Crippen LogP contribution in [0.25, 0.3) is 22.1 Å². The molecule has 116 valence electrons. The van der Waals surface area contributed by atoms with Crippen LogP contribution in [0.1, 0.15) is 12.1 Å². The Bertz CT molecular complexity index is 1020. The van der Waals surface area contributed by atoms with Crippen LogP contribution in [0.2, 0.25) is 0 Å². The quantitative estimate of drug-likeness (QED) is 0.500. The topological polar surface area (TPSA) is 120 Å². The van der Waals surface area contributed by atoms with E-state index in [1.54, 1.807) is 0 Å². The first-order valence-electron chi connectivity index (χ1n) is 6.66. The largest absolute Gasteiger partial charge is 0.508 e. The number of phenols is 3. The molecule has 23 heavy (non-hydrogen) atoms. The van der Waals surface area contributed by atoms with E-state index in [9.17, 15) is 25.2 Å². The van der Waals surface area contributed by atoms with Crippen molar-refractivity contribution in [2.45, 2.75) is 6.29 Å². The Morgan fingerprint density at radius 1 is 1.00 bits per heavy atom. The van der Waals surface area contributed by atoms with Crippen LogP contribution in [0.5, 0.6) is 23.0 Å². The monoisotopic (exact) mass is 314 g/mol. The highest BCUT2D eigenvalue weighted by atomic mass is 16.6. The summed E-state index contributed by atoms with van der Waals surface area (Å²) in [6.07, 6.45) is -1.55. The fourth-order valence-corrected chi connectivity index (χ4v) is 2.72. The summed E-state index contributed by atoms with van der Waals surface area (Å²) in [5.41, 5.74) is -0.289. The van der Waals surface area contributed by atoms with Gasteiger partial charge < -0.3 is 29.6 Å². The highest BCUT2D eigenvalue weighted by Crippen LogP contribution is 2.43. The summed E-state index contributed by atoms with van der Waals surface area (Å²) in [5.74, 6) is -0.814. The fraction of sp³-hybridized carbons (Fsp3) is 0.0625. The zero-order valence-corrected chi connectivity index (χ0v) is 11.5. The maximum atomic E-state index is 12.8. The van der Waals surface area contributed by atoms with Crippen LogP contribution in [0.15, 0.2) is 39.5 Å². The first-order chi connectivity index (χ1) is 11.0. The Labute approximate surface area is 128 Å². The predicted octanol–water partition coefficient (Wildman–Crippen LogP) is 1.96. The second-order valence-corrected chi connectivity index (χ2v) is 5.16. The number of fused-ring (bicyclic) bond motifs is 4. The molecule has 0 spiro atoms. The molecule has 2 aromatic carbocycles. The molecule has 0 amide bonds. The predicted molar refractivity (Wildman–Crippen MR) is 78.5 cm³/mol. The van der Waals surface area contributed by atoms with E-state index in [1.807, 2.05) is 0 Å². The van der Waals surface area contributed by atoms with Crippen molar-refractivity contribution in [3.63, 3.8) is 0 Å². The van der Waals surface area contributed by atoms with Crippen molar-refractivity contribution in [1.29, 1.82) is 0 Å². The van der Waals surface area contributed by atoms with E-state index in [-0.39, 0.29) is 39.5 Å². The lowest BCUT2D eigenvalue weighted by molar-refractivity contribution is -0.0377. The molecule has 3 aromatic rings. The van der Waals surface area contributed by atoms with Crippen LogP contribution >= 0.6 is 0 Å². The van der Waals surface area contributed by atoms with E-state index in [4.69, 9.17) is 9.15 Å². The number of aromatic hydroxyl groups is 3. The maximum absolute atomic E-state index is 12.8. The molecule has 0 radical (unpaired) electrons. The second kappa shape index (κ2) is 4.40. The van der Waals surface area contributed by atoms with Gasteiger partial charge in [-0.25, -0.2) is 0 Å². The Morgan fingerprint density at radius 3 is 2.57 bits per heavy atom. The molecule has 7 nitrogen and oxygen atoms in total. The molecule has 0 saturated carbocycles. The molecule has 1 atom stereocenters. The van der Waals surface area contributed by atoms with Crippen molar-refractivity contribution in [3.8, 4) is 34.1 Å². The van der Waals surface area contributed by atoms with E-state index in [0.717, 1.165) is 12.1 Å². The molecule has 7 heteroatoms. The Kier molecular flexibility index (Phi) is 2.58. The SMILES string of the molecule is O=c1c2c(oc3cc(O)cc(O)c13)[C@@H](O)Oc1cc(O)ccc1-2. The van der Waals surface area contributed by atoms with Gasteiger partial charge in [-0.05, 0) is 12.1 Å². The average molecular weight is 314 g/mol. The molecule has 0 bridgehead atoms. The van der Waals surface area contributed by atoms with E-state index in [0.29, 0.717) is 5.56 Å². The van der Waals surface area contributed by atoms with E-state index < -0.39 is 17.5 Å². The van der Waals surface area contributed by atoms with Crippen molar-refractivity contribution in [2.24, 2.45) is 0 Å². The highest BCUT2D eigenvalue weighted by molar-refractivity contribution is 5.90. The fourth-order valence-electron chi connectivity index (χ4n) is 2.72. The number of aliphatic hydroxyl groups excluding tert-OH is 1. The molecule has 1 aromatic heterocycles. The van der Waals surface area contributed by atoms with Gasteiger partial charge in [0, 0.05) is 23.8 Å². The average Bonchev–Trinajstić information content (AvgIpc) is 2.46. The third-order valence-electron chi connectivity index (χ3n) is 3.68. The minimum Gasteiger partial charge on any atom is -0.508 e. The van der Waals surface area contributed by atoms with Crippen molar-refractivity contribution in [1.82, 2.24) is 0 Å². The van der Waals surface area contributed by atoms with Crippen molar-refractivity contribution < 1.29 is 29.6 Å². The highest BCUT2D eigenvalue weighted by Gasteiger charge is 2.31. The Balaban J connectivity index is 2.16. The van der Waals surface area contributed by atoms with Crippen LogP contribution in [0.3, 0.4) is 0 Å². The lowest BCUT2D eigenvalue weighted by atomic mass is 9.98. The molecule has 1 aliphatic rings. The third-order valence-corrected chi connectivity index (χ3v) is 3.68. The van der Waals surface area contributed by atoms with Gasteiger partial charge in [-0.1, -0.05) is 0 Å². The number of aliphatic hydroxyl groups is 1. The van der Waals surface area contributed by atoms with Crippen LogP contribution < -0.4 is 10.2 Å². The molecular weight excluding hydrogens is 304 g/mol. The lowest BCUT2D eigenvalue weighted by Gasteiger charge is -2.23. The summed E-state index contributed by atoms with van der Waals surface area (Å²) in [6, 6.07) is 6.27. The summed E-state index contributed by atoms with van der Waals surface area (Å²) in [5, 5.41) is 38.9. The van der Waals surface area contributed by atoms with Gasteiger partial charge in [0.15, 0.2) is 5.76 Å². The molecule has 4 rings (SSSR count). The molecule has 1 aliphatic heterocycles. The standard InChI is InChI=1S/C16H10O7/c17-6-1-2-8-10(4-6)23-16(21)15-12(8)14(20)13-9(19)3-7(18)5-11(13)22-15/h1-5,16-19,21H/t16-/m0/s1. The van der Waals surface area contributed by atoms with Gasteiger partial charge in [0.2, 0.25) is 5.43 Å². The number of rotatable bonds is 0. The Hall–Kier alpha value is -3.19. The summed E-state index contributed by atoms with van der Waals surface area (Å²) in [6.45, 7) is 0. The van der Waals surface area contributed by atoms with Gasteiger partial charge in [0.25, 0.3) is 6.29 Å².